The molecule has 0 heterocycles. The van der Waals surface area contributed by atoms with Gasteiger partial charge in [0, 0.05) is 19.0 Å². The van der Waals surface area contributed by atoms with Crippen LogP contribution in [0.25, 0.3) is 11.1 Å². The third kappa shape index (κ3) is 4.11. The maximum Gasteiger partial charge on any atom is 0.407 e. The first-order valence-electron chi connectivity index (χ1n) is 8.97. The van der Waals surface area contributed by atoms with Gasteiger partial charge in [-0.25, -0.2) is 4.79 Å². The molecule has 0 saturated carbocycles. The van der Waals surface area contributed by atoms with Crippen LogP contribution in [-0.2, 0) is 9.53 Å². The zero-order valence-electron chi connectivity index (χ0n) is 15.5. The fourth-order valence-electron chi connectivity index (χ4n) is 3.26. The van der Waals surface area contributed by atoms with Gasteiger partial charge in [0.15, 0.2) is 0 Å². The summed E-state index contributed by atoms with van der Waals surface area (Å²) in [5, 5.41) is 14.6. The zero-order chi connectivity index (χ0) is 19.4. The highest BCUT2D eigenvalue weighted by Gasteiger charge is 2.29. The van der Waals surface area contributed by atoms with Crippen LogP contribution in [0.15, 0.2) is 48.5 Å². The van der Waals surface area contributed by atoms with Crippen molar-refractivity contribution in [2.45, 2.75) is 25.3 Å². The van der Waals surface area contributed by atoms with Crippen LogP contribution in [0.2, 0.25) is 0 Å². The summed E-state index contributed by atoms with van der Waals surface area (Å²) in [6.07, 6.45) is -0.508. The largest absolute Gasteiger partial charge is 0.480 e. The molecule has 0 spiro atoms. The van der Waals surface area contributed by atoms with Crippen molar-refractivity contribution >= 4 is 12.1 Å². The summed E-state index contributed by atoms with van der Waals surface area (Å²) in [4.78, 5) is 23.0. The standard InChI is InChI=1S/C21H24N2O4/c1-21(2,19(24)25)23-12-11-22-20(26)27-13-18-16-9-5-3-7-14(16)15-8-4-6-10-17(15)18/h3-10,18,23H,11-13H2,1-2H3,(H,22,26)(H,24,25). The number of carbonyl (C=O) groups is 2. The van der Waals surface area contributed by atoms with Crippen molar-refractivity contribution in [3.05, 3.63) is 59.7 Å². The number of aliphatic carboxylic acids is 1. The molecule has 0 bridgehead atoms. The van der Waals surface area contributed by atoms with Crippen LogP contribution in [0.5, 0.6) is 0 Å². The lowest BCUT2D eigenvalue weighted by atomic mass is 9.98. The van der Waals surface area contributed by atoms with Crippen LogP contribution in [0, 0.1) is 0 Å². The summed E-state index contributed by atoms with van der Waals surface area (Å²) in [5.41, 5.74) is 3.65. The van der Waals surface area contributed by atoms with Gasteiger partial charge in [-0.1, -0.05) is 48.5 Å². The third-order valence-corrected chi connectivity index (χ3v) is 4.84. The number of hydrogen-bond acceptors (Lipinski definition) is 4. The van der Waals surface area contributed by atoms with Crippen molar-refractivity contribution in [1.29, 1.82) is 0 Å². The molecule has 0 aromatic heterocycles. The lowest BCUT2D eigenvalue weighted by Crippen LogP contribution is -2.49. The van der Waals surface area contributed by atoms with E-state index in [1.54, 1.807) is 13.8 Å². The van der Waals surface area contributed by atoms with Crippen molar-refractivity contribution in [2.75, 3.05) is 19.7 Å². The predicted octanol–water partition coefficient (Wildman–Crippen LogP) is 2.98. The first-order valence-corrected chi connectivity index (χ1v) is 8.97. The van der Waals surface area contributed by atoms with Crippen LogP contribution in [0.3, 0.4) is 0 Å². The highest BCUT2D eigenvalue weighted by atomic mass is 16.5. The van der Waals surface area contributed by atoms with Gasteiger partial charge in [0.25, 0.3) is 0 Å². The molecule has 0 unspecified atom stereocenters. The Morgan fingerprint density at radius 2 is 1.56 bits per heavy atom. The van der Waals surface area contributed by atoms with Crippen LogP contribution >= 0.6 is 0 Å². The quantitative estimate of drug-likeness (QED) is 0.654. The third-order valence-electron chi connectivity index (χ3n) is 4.84. The van der Waals surface area contributed by atoms with Crippen LogP contribution in [0.4, 0.5) is 4.79 Å². The highest BCUT2D eigenvalue weighted by molar-refractivity contribution is 5.79. The van der Waals surface area contributed by atoms with Gasteiger partial charge >= 0.3 is 12.1 Å². The number of carbonyl (C=O) groups excluding carboxylic acids is 1. The smallest absolute Gasteiger partial charge is 0.407 e. The number of hydrogen-bond donors (Lipinski definition) is 3. The molecule has 2 aromatic carbocycles. The van der Waals surface area contributed by atoms with Gasteiger partial charge in [0.2, 0.25) is 0 Å². The average molecular weight is 368 g/mol. The second-order valence-electron chi connectivity index (χ2n) is 7.11. The summed E-state index contributed by atoms with van der Waals surface area (Å²) >= 11 is 0. The van der Waals surface area contributed by atoms with E-state index in [1.165, 1.54) is 11.1 Å². The van der Waals surface area contributed by atoms with E-state index in [0.717, 1.165) is 11.1 Å². The molecule has 1 aliphatic rings. The molecule has 27 heavy (non-hydrogen) atoms. The molecule has 2 aromatic rings. The van der Waals surface area contributed by atoms with Gasteiger partial charge in [0.05, 0.1) is 0 Å². The maximum atomic E-state index is 12.0. The molecule has 3 N–H and O–H groups in total. The van der Waals surface area contributed by atoms with Crippen molar-refractivity contribution in [3.63, 3.8) is 0 Å². The number of ether oxygens (including phenoxy) is 1. The summed E-state index contributed by atoms with van der Waals surface area (Å²) < 4.78 is 5.43. The van der Waals surface area contributed by atoms with E-state index in [0.29, 0.717) is 6.54 Å². The van der Waals surface area contributed by atoms with Gasteiger partial charge in [-0.05, 0) is 36.1 Å². The van der Waals surface area contributed by atoms with Crippen LogP contribution < -0.4 is 10.6 Å². The van der Waals surface area contributed by atoms with Crippen LogP contribution in [-0.4, -0.2) is 42.4 Å². The Morgan fingerprint density at radius 3 is 2.11 bits per heavy atom. The Kier molecular flexibility index (Phi) is 5.46. The molecule has 142 valence electrons. The molecular weight excluding hydrogens is 344 g/mol. The molecule has 0 atom stereocenters. The number of alkyl carbamates (subject to hydrolysis) is 1. The van der Waals surface area contributed by atoms with Crippen molar-refractivity contribution < 1.29 is 19.4 Å². The Morgan fingerprint density at radius 1 is 1.00 bits per heavy atom. The van der Waals surface area contributed by atoms with E-state index in [-0.39, 0.29) is 19.1 Å². The molecule has 6 heteroatoms. The Hall–Kier alpha value is -2.86. The van der Waals surface area contributed by atoms with Crippen molar-refractivity contribution in [3.8, 4) is 11.1 Å². The minimum Gasteiger partial charge on any atom is -0.480 e. The van der Waals surface area contributed by atoms with Gasteiger partial charge in [-0.2, -0.15) is 0 Å². The number of benzene rings is 2. The van der Waals surface area contributed by atoms with E-state index in [4.69, 9.17) is 9.84 Å². The molecule has 1 amide bonds. The topological polar surface area (TPSA) is 87.7 Å². The maximum absolute atomic E-state index is 12.0. The summed E-state index contributed by atoms with van der Waals surface area (Å²) in [7, 11) is 0. The van der Waals surface area contributed by atoms with E-state index in [9.17, 15) is 9.59 Å². The normalized spacial score (nSPS) is 13.0. The molecule has 0 aliphatic heterocycles. The fraction of sp³-hybridized carbons (Fsp3) is 0.333. The van der Waals surface area contributed by atoms with E-state index < -0.39 is 17.6 Å². The van der Waals surface area contributed by atoms with Crippen molar-refractivity contribution in [1.82, 2.24) is 10.6 Å². The number of carboxylic acid groups (broad SMARTS) is 1. The molecule has 0 fully saturated rings. The first kappa shape index (κ1) is 18.9. The monoisotopic (exact) mass is 368 g/mol. The lowest BCUT2D eigenvalue weighted by Gasteiger charge is -2.21. The average Bonchev–Trinajstić information content (AvgIpc) is 2.97. The lowest BCUT2D eigenvalue weighted by molar-refractivity contribution is -0.143. The summed E-state index contributed by atoms with van der Waals surface area (Å²) in [6, 6.07) is 16.3. The number of nitrogens with one attached hydrogen (secondary N) is 2. The highest BCUT2D eigenvalue weighted by Crippen LogP contribution is 2.44. The minimum atomic E-state index is -1.04. The molecule has 0 saturated heterocycles. The molecular formula is C21H24N2O4. The molecule has 0 radical (unpaired) electrons. The van der Waals surface area contributed by atoms with Gasteiger partial charge in [0.1, 0.15) is 12.1 Å². The Bertz CT molecular complexity index is 802. The second-order valence-corrected chi connectivity index (χ2v) is 7.11. The van der Waals surface area contributed by atoms with Crippen LogP contribution in [0.1, 0.15) is 30.9 Å². The minimum absolute atomic E-state index is 0.0206. The Balaban J connectivity index is 1.53. The van der Waals surface area contributed by atoms with Gasteiger partial charge < -0.3 is 20.5 Å². The second kappa shape index (κ2) is 7.80. The number of amides is 1. The molecule has 3 rings (SSSR count). The number of carboxylic acids is 1. The predicted molar refractivity (Wildman–Crippen MR) is 103 cm³/mol. The molecule has 6 nitrogen and oxygen atoms in total. The van der Waals surface area contributed by atoms with E-state index in [2.05, 4.69) is 34.9 Å². The summed E-state index contributed by atoms with van der Waals surface area (Å²) in [6.45, 7) is 4.02. The number of rotatable bonds is 7. The Labute approximate surface area is 158 Å². The van der Waals surface area contributed by atoms with Crippen molar-refractivity contribution in [2.24, 2.45) is 0 Å². The summed E-state index contributed by atoms with van der Waals surface area (Å²) in [5.74, 6) is -0.921. The molecule has 1 aliphatic carbocycles. The van der Waals surface area contributed by atoms with E-state index in [1.807, 2.05) is 24.3 Å². The number of fused-ring (bicyclic) bond motifs is 3. The first-order chi connectivity index (χ1) is 12.9. The van der Waals surface area contributed by atoms with Gasteiger partial charge in [-0.15, -0.1) is 0 Å². The van der Waals surface area contributed by atoms with E-state index >= 15 is 0 Å². The SMILES string of the molecule is CC(C)(NCCNC(=O)OCC1c2ccccc2-c2ccccc21)C(=O)O. The zero-order valence-corrected chi connectivity index (χ0v) is 15.5. The fourth-order valence-corrected chi connectivity index (χ4v) is 3.26. The van der Waals surface area contributed by atoms with Gasteiger partial charge in [-0.3, -0.25) is 4.79 Å².